The summed E-state index contributed by atoms with van der Waals surface area (Å²) in [5, 5.41) is 2.48. The SMILES string of the molecule is Nc1ncc(-c2ccc(C(=O)N3CCOCC3)cc2)cc1C(=O)NCc1c(F)cccc1F. The molecule has 0 saturated carbocycles. The Morgan fingerprint density at radius 3 is 2.36 bits per heavy atom. The summed E-state index contributed by atoms with van der Waals surface area (Å²) >= 11 is 0. The van der Waals surface area contributed by atoms with E-state index in [-0.39, 0.29) is 29.4 Å². The number of amides is 2. The summed E-state index contributed by atoms with van der Waals surface area (Å²) < 4.78 is 32.9. The predicted octanol–water partition coefficient (Wildman–Crippen LogP) is 3.01. The molecule has 170 valence electrons. The lowest BCUT2D eigenvalue weighted by molar-refractivity contribution is 0.0303. The van der Waals surface area contributed by atoms with E-state index >= 15 is 0 Å². The summed E-state index contributed by atoms with van der Waals surface area (Å²) in [4.78, 5) is 31.1. The van der Waals surface area contributed by atoms with Crippen LogP contribution in [-0.4, -0.2) is 48.0 Å². The lowest BCUT2D eigenvalue weighted by Gasteiger charge is -2.26. The van der Waals surface area contributed by atoms with Crippen molar-refractivity contribution in [3.05, 3.63) is 83.1 Å². The van der Waals surface area contributed by atoms with Gasteiger partial charge in [-0.25, -0.2) is 13.8 Å². The van der Waals surface area contributed by atoms with Crippen LogP contribution in [0.5, 0.6) is 0 Å². The van der Waals surface area contributed by atoms with E-state index in [0.717, 1.165) is 17.7 Å². The van der Waals surface area contributed by atoms with Crippen molar-refractivity contribution in [1.29, 1.82) is 0 Å². The van der Waals surface area contributed by atoms with Gasteiger partial charge < -0.3 is 20.7 Å². The minimum Gasteiger partial charge on any atom is -0.383 e. The van der Waals surface area contributed by atoms with Gasteiger partial charge in [0.25, 0.3) is 11.8 Å². The first-order valence-electron chi connectivity index (χ1n) is 10.4. The first-order valence-corrected chi connectivity index (χ1v) is 10.4. The number of nitrogen functional groups attached to an aromatic ring is 1. The van der Waals surface area contributed by atoms with Gasteiger partial charge in [0.1, 0.15) is 17.5 Å². The van der Waals surface area contributed by atoms with Gasteiger partial charge in [0, 0.05) is 42.5 Å². The number of nitrogens with zero attached hydrogens (tertiary/aromatic N) is 2. The molecule has 1 aliphatic rings. The number of aromatic nitrogens is 1. The number of anilines is 1. The number of carbonyl (C=O) groups is 2. The second-order valence-electron chi connectivity index (χ2n) is 7.52. The molecule has 0 bridgehead atoms. The van der Waals surface area contributed by atoms with Crippen molar-refractivity contribution in [3.63, 3.8) is 0 Å². The van der Waals surface area contributed by atoms with Gasteiger partial charge in [0.15, 0.2) is 0 Å². The van der Waals surface area contributed by atoms with E-state index in [1.165, 1.54) is 12.3 Å². The normalized spacial score (nSPS) is 13.6. The van der Waals surface area contributed by atoms with Gasteiger partial charge in [-0.15, -0.1) is 0 Å². The Labute approximate surface area is 189 Å². The van der Waals surface area contributed by atoms with Gasteiger partial charge in [-0.3, -0.25) is 9.59 Å². The number of hydrogen-bond acceptors (Lipinski definition) is 5. The van der Waals surface area contributed by atoms with Crippen molar-refractivity contribution < 1.29 is 23.1 Å². The molecule has 3 aromatic rings. The Bertz CT molecular complexity index is 1160. The Hall–Kier alpha value is -3.85. The third-order valence-electron chi connectivity index (χ3n) is 5.41. The van der Waals surface area contributed by atoms with E-state index in [1.807, 2.05) is 0 Å². The largest absolute Gasteiger partial charge is 0.383 e. The number of ether oxygens (including phenoxy) is 1. The van der Waals surface area contributed by atoms with Crippen LogP contribution in [0.3, 0.4) is 0 Å². The number of hydrogen-bond donors (Lipinski definition) is 2. The van der Waals surface area contributed by atoms with Gasteiger partial charge in [0.2, 0.25) is 0 Å². The maximum Gasteiger partial charge on any atom is 0.255 e. The van der Waals surface area contributed by atoms with E-state index in [9.17, 15) is 18.4 Å². The molecule has 3 N–H and O–H groups in total. The van der Waals surface area contributed by atoms with Crippen LogP contribution in [0.15, 0.2) is 54.7 Å². The zero-order valence-corrected chi connectivity index (χ0v) is 17.7. The maximum atomic E-state index is 13.8. The van der Waals surface area contributed by atoms with E-state index in [1.54, 1.807) is 35.2 Å². The van der Waals surface area contributed by atoms with Crippen molar-refractivity contribution >= 4 is 17.6 Å². The summed E-state index contributed by atoms with van der Waals surface area (Å²) in [7, 11) is 0. The molecule has 2 heterocycles. The van der Waals surface area contributed by atoms with Crippen molar-refractivity contribution in [3.8, 4) is 11.1 Å². The maximum absolute atomic E-state index is 13.8. The van der Waals surface area contributed by atoms with Crippen LogP contribution < -0.4 is 11.1 Å². The highest BCUT2D eigenvalue weighted by molar-refractivity contribution is 5.99. The van der Waals surface area contributed by atoms with Gasteiger partial charge in [0.05, 0.1) is 18.8 Å². The van der Waals surface area contributed by atoms with Crippen LogP contribution in [-0.2, 0) is 11.3 Å². The van der Waals surface area contributed by atoms with Crippen LogP contribution in [0, 0.1) is 11.6 Å². The Balaban J connectivity index is 1.49. The molecule has 4 rings (SSSR count). The summed E-state index contributed by atoms with van der Waals surface area (Å²) in [6.07, 6.45) is 1.52. The summed E-state index contributed by atoms with van der Waals surface area (Å²) in [5.74, 6) is -2.18. The number of halogens is 2. The summed E-state index contributed by atoms with van der Waals surface area (Å²) in [6.45, 7) is 1.82. The van der Waals surface area contributed by atoms with Crippen molar-refractivity contribution in [2.75, 3.05) is 32.0 Å². The number of carbonyl (C=O) groups excluding carboxylic acids is 2. The number of rotatable bonds is 5. The number of morpholine rings is 1. The van der Waals surface area contributed by atoms with Crippen LogP contribution in [0.25, 0.3) is 11.1 Å². The highest BCUT2D eigenvalue weighted by atomic mass is 19.1. The van der Waals surface area contributed by atoms with Crippen molar-refractivity contribution in [1.82, 2.24) is 15.2 Å². The molecule has 0 spiro atoms. The molecule has 1 fully saturated rings. The fraction of sp³-hybridized carbons (Fsp3) is 0.208. The highest BCUT2D eigenvalue weighted by Crippen LogP contribution is 2.23. The third-order valence-corrected chi connectivity index (χ3v) is 5.41. The second-order valence-corrected chi connectivity index (χ2v) is 7.52. The standard InChI is InChI=1S/C24H22F2N4O3/c25-20-2-1-3-21(26)19(20)14-29-23(31)18-12-17(13-28-22(18)27)15-4-6-16(7-5-15)24(32)30-8-10-33-11-9-30/h1-7,12-13H,8-11,14H2,(H2,27,28)(H,29,31). The van der Waals surface area contributed by atoms with Crippen LogP contribution in [0.2, 0.25) is 0 Å². The zero-order chi connectivity index (χ0) is 23.4. The molecule has 0 aliphatic carbocycles. The van der Waals surface area contributed by atoms with Gasteiger partial charge in [-0.1, -0.05) is 18.2 Å². The summed E-state index contributed by atoms with van der Waals surface area (Å²) in [6, 6.07) is 12.0. The number of nitrogens with one attached hydrogen (secondary N) is 1. The fourth-order valence-corrected chi connectivity index (χ4v) is 3.53. The molecule has 0 unspecified atom stereocenters. The lowest BCUT2D eigenvalue weighted by atomic mass is 10.0. The van der Waals surface area contributed by atoms with Crippen LogP contribution in [0.4, 0.5) is 14.6 Å². The minimum absolute atomic E-state index is 0.00984. The first-order chi connectivity index (χ1) is 15.9. The number of benzene rings is 2. The van der Waals surface area contributed by atoms with E-state index in [2.05, 4.69) is 10.3 Å². The number of nitrogens with two attached hydrogens (primary N) is 1. The molecule has 1 aromatic heterocycles. The molecular weight excluding hydrogens is 430 g/mol. The number of pyridine rings is 1. The predicted molar refractivity (Wildman–Crippen MR) is 118 cm³/mol. The average molecular weight is 452 g/mol. The van der Waals surface area contributed by atoms with Crippen molar-refractivity contribution in [2.45, 2.75) is 6.54 Å². The third kappa shape index (κ3) is 4.98. The Morgan fingerprint density at radius 2 is 1.70 bits per heavy atom. The topological polar surface area (TPSA) is 97.6 Å². The highest BCUT2D eigenvalue weighted by Gasteiger charge is 2.19. The molecule has 7 nitrogen and oxygen atoms in total. The quantitative estimate of drug-likeness (QED) is 0.620. The van der Waals surface area contributed by atoms with Gasteiger partial charge >= 0.3 is 0 Å². The van der Waals surface area contributed by atoms with Gasteiger partial charge in [-0.05, 0) is 35.9 Å². The first kappa shape index (κ1) is 22.3. The monoisotopic (exact) mass is 452 g/mol. The average Bonchev–Trinajstić information content (AvgIpc) is 2.84. The summed E-state index contributed by atoms with van der Waals surface area (Å²) in [5.41, 5.74) is 7.59. The zero-order valence-electron chi connectivity index (χ0n) is 17.7. The molecular formula is C24H22F2N4O3. The molecule has 1 saturated heterocycles. The molecule has 1 aliphatic heterocycles. The van der Waals surface area contributed by atoms with Crippen LogP contribution in [0.1, 0.15) is 26.3 Å². The lowest BCUT2D eigenvalue weighted by Crippen LogP contribution is -2.40. The molecule has 0 atom stereocenters. The molecule has 2 aromatic carbocycles. The minimum atomic E-state index is -0.748. The molecule has 33 heavy (non-hydrogen) atoms. The second kappa shape index (κ2) is 9.74. The Kier molecular flexibility index (Phi) is 6.60. The van der Waals surface area contributed by atoms with Gasteiger partial charge in [-0.2, -0.15) is 0 Å². The van der Waals surface area contributed by atoms with E-state index in [0.29, 0.717) is 37.4 Å². The van der Waals surface area contributed by atoms with Crippen molar-refractivity contribution in [2.24, 2.45) is 0 Å². The molecule has 0 radical (unpaired) electrons. The smallest absolute Gasteiger partial charge is 0.255 e. The van der Waals surface area contributed by atoms with E-state index in [4.69, 9.17) is 10.5 Å². The molecule has 2 amide bonds. The fourth-order valence-electron chi connectivity index (χ4n) is 3.53. The molecule has 9 heteroatoms. The Morgan fingerprint density at radius 1 is 1.03 bits per heavy atom. The van der Waals surface area contributed by atoms with Crippen LogP contribution >= 0.6 is 0 Å². The van der Waals surface area contributed by atoms with E-state index < -0.39 is 17.5 Å².